The van der Waals surface area contributed by atoms with E-state index in [2.05, 4.69) is 23.4 Å². The van der Waals surface area contributed by atoms with Gasteiger partial charge in [0.15, 0.2) is 5.69 Å². The summed E-state index contributed by atoms with van der Waals surface area (Å²) in [5, 5.41) is 15.6. The van der Waals surface area contributed by atoms with Crippen LogP contribution in [0.3, 0.4) is 0 Å². The van der Waals surface area contributed by atoms with Crippen LogP contribution < -0.4 is 5.32 Å². The van der Waals surface area contributed by atoms with Crippen molar-refractivity contribution < 1.29 is 23.1 Å². The quantitative estimate of drug-likeness (QED) is 0.145. The molecular formula is C30H34Cl2F3N3O2S. The SMILES string of the molecule is CCCCCCCCCCNCc1ccc(Cl)s1.O=C(O)c1nn2c(C(F)(F)F)cc(-c3ccccc3)cc2c1Cl. The van der Waals surface area contributed by atoms with E-state index in [-0.39, 0.29) is 16.1 Å². The first-order chi connectivity index (χ1) is 19.6. The molecule has 0 radical (unpaired) electrons. The van der Waals surface area contributed by atoms with Crippen LogP contribution in [0.4, 0.5) is 13.2 Å². The van der Waals surface area contributed by atoms with E-state index in [1.807, 2.05) is 6.07 Å². The smallest absolute Gasteiger partial charge is 0.433 e. The molecule has 0 aliphatic rings. The number of benzene rings is 1. The van der Waals surface area contributed by atoms with Gasteiger partial charge in [-0.15, -0.1) is 11.3 Å². The summed E-state index contributed by atoms with van der Waals surface area (Å²) in [6, 6.07) is 14.8. The maximum atomic E-state index is 13.3. The molecule has 3 aromatic heterocycles. The van der Waals surface area contributed by atoms with E-state index in [0.29, 0.717) is 10.1 Å². The Hall–Kier alpha value is -2.59. The number of nitrogens with zero attached hydrogens (tertiary/aromatic N) is 2. The van der Waals surface area contributed by atoms with E-state index in [1.54, 1.807) is 41.7 Å². The monoisotopic (exact) mass is 627 g/mol. The average Bonchev–Trinajstić information content (AvgIpc) is 3.52. The van der Waals surface area contributed by atoms with Crippen molar-refractivity contribution in [2.45, 2.75) is 71.0 Å². The molecule has 0 aliphatic carbocycles. The van der Waals surface area contributed by atoms with Crippen molar-refractivity contribution in [2.75, 3.05) is 6.54 Å². The van der Waals surface area contributed by atoms with Crippen molar-refractivity contribution in [2.24, 2.45) is 0 Å². The summed E-state index contributed by atoms with van der Waals surface area (Å²) in [6.45, 7) is 4.37. The Kier molecular flexibility index (Phi) is 13.0. The Morgan fingerprint density at radius 3 is 2.20 bits per heavy atom. The fraction of sp³-hybridized carbons (Fsp3) is 0.400. The van der Waals surface area contributed by atoms with Crippen LogP contribution in [0.1, 0.15) is 79.3 Å². The molecule has 0 unspecified atom stereocenters. The molecule has 5 nitrogen and oxygen atoms in total. The van der Waals surface area contributed by atoms with Gasteiger partial charge >= 0.3 is 12.1 Å². The Balaban J connectivity index is 0.000000233. The Morgan fingerprint density at radius 2 is 1.61 bits per heavy atom. The van der Waals surface area contributed by atoms with Crippen molar-refractivity contribution in [1.82, 2.24) is 14.9 Å². The maximum Gasteiger partial charge on any atom is 0.433 e. The minimum Gasteiger partial charge on any atom is -0.476 e. The molecule has 1 aromatic carbocycles. The van der Waals surface area contributed by atoms with Crippen LogP contribution in [-0.2, 0) is 12.7 Å². The van der Waals surface area contributed by atoms with Crippen LogP contribution >= 0.6 is 34.5 Å². The first kappa shape index (κ1) is 32.9. The number of alkyl halides is 3. The van der Waals surface area contributed by atoms with Crippen LogP contribution in [0.5, 0.6) is 0 Å². The highest BCUT2D eigenvalue weighted by Gasteiger charge is 2.36. The Bertz CT molecular complexity index is 1390. The van der Waals surface area contributed by atoms with Gasteiger partial charge in [0, 0.05) is 11.4 Å². The second-order valence-electron chi connectivity index (χ2n) is 9.62. The number of halogens is 5. The number of thiophene rings is 1. The Morgan fingerprint density at radius 1 is 0.951 bits per heavy atom. The van der Waals surface area contributed by atoms with Crippen LogP contribution in [0.25, 0.3) is 16.6 Å². The lowest BCUT2D eigenvalue weighted by Crippen LogP contribution is -2.13. The molecule has 0 saturated heterocycles. The fourth-order valence-corrected chi connectivity index (χ4v) is 5.61. The molecule has 2 N–H and O–H groups in total. The highest BCUT2D eigenvalue weighted by Crippen LogP contribution is 2.36. The average molecular weight is 629 g/mol. The summed E-state index contributed by atoms with van der Waals surface area (Å²) in [5.74, 6) is -1.49. The van der Waals surface area contributed by atoms with E-state index in [9.17, 15) is 18.0 Å². The number of hydrogen-bond acceptors (Lipinski definition) is 4. The molecule has 11 heteroatoms. The highest BCUT2D eigenvalue weighted by atomic mass is 35.5. The molecule has 0 amide bonds. The summed E-state index contributed by atoms with van der Waals surface area (Å²) in [7, 11) is 0. The summed E-state index contributed by atoms with van der Waals surface area (Å²) < 4.78 is 41.3. The number of carboxylic acid groups (broad SMARTS) is 1. The minimum absolute atomic E-state index is 0.113. The molecule has 0 saturated carbocycles. The lowest BCUT2D eigenvalue weighted by molar-refractivity contribution is -0.142. The topological polar surface area (TPSA) is 66.6 Å². The van der Waals surface area contributed by atoms with Gasteiger partial charge in [-0.1, -0.05) is 105 Å². The Labute approximate surface area is 252 Å². The van der Waals surface area contributed by atoms with Crippen LogP contribution in [0, 0.1) is 0 Å². The number of hydrogen-bond donors (Lipinski definition) is 2. The molecule has 41 heavy (non-hydrogen) atoms. The summed E-state index contributed by atoms with van der Waals surface area (Å²) in [4.78, 5) is 12.4. The minimum atomic E-state index is -4.71. The maximum absolute atomic E-state index is 13.3. The third kappa shape index (κ3) is 10.0. The van der Waals surface area contributed by atoms with E-state index in [1.165, 1.54) is 62.3 Å². The zero-order valence-corrected chi connectivity index (χ0v) is 25.1. The highest BCUT2D eigenvalue weighted by molar-refractivity contribution is 7.16. The number of aromatic nitrogens is 2. The summed E-state index contributed by atoms with van der Waals surface area (Å²) in [5.41, 5.74) is -1.01. The first-order valence-electron chi connectivity index (χ1n) is 13.6. The third-order valence-corrected chi connectivity index (χ3v) is 8.01. The zero-order valence-electron chi connectivity index (χ0n) is 22.8. The number of carboxylic acids is 1. The molecule has 0 bridgehead atoms. The van der Waals surface area contributed by atoms with E-state index in [4.69, 9.17) is 28.3 Å². The standard InChI is InChI=1S/C15H8ClF3N2O2.C15H26ClNS/c16-12-10-6-9(8-4-2-1-3-5-8)7-11(15(17,18)19)21(10)20-13(12)14(22)23;1-2-3-4-5-6-7-8-9-12-17-13-14-10-11-15(16)18-14/h1-7H,(H,22,23);10-11,17H,2-9,12-13H2,1H3. The molecular weight excluding hydrogens is 594 g/mol. The van der Waals surface area contributed by atoms with Crippen LogP contribution in [0.2, 0.25) is 9.36 Å². The molecule has 222 valence electrons. The van der Waals surface area contributed by atoms with Gasteiger partial charge in [-0.05, 0) is 48.4 Å². The number of aromatic carboxylic acids is 1. The van der Waals surface area contributed by atoms with Gasteiger partial charge in [0.05, 0.1) is 9.85 Å². The molecule has 0 spiro atoms. The lowest BCUT2D eigenvalue weighted by atomic mass is 10.1. The fourth-order valence-electron chi connectivity index (χ4n) is 4.30. The van der Waals surface area contributed by atoms with Gasteiger partial charge in [-0.25, -0.2) is 9.31 Å². The molecule has 0 atom stereocenters. The van der Waals surface area contributed by atoms with Gasteiger partial charge in [-0.3, -0.25) is 0 Å². The predicted octanol–water partition coefficient (Wildman–Crippen LogP) is 10.0. The van der Waals surface area contributed by atoms with Gasteiger partial charge < -0.3 is 10.4 Å². The molecule has 0 aliphatic heterocycles. The normalized spacial score (nSPS) is 11.5. The second kappa shape index (κ2) is 16.2. The van der Waals surface area contributed by atoms with Gasteiger partial charge in [0.1, 0.15) is 10.7 Å². The number of nitrogens with one attached hydrogen (secondary N) is 1. The number of pyridine rings is 1. The zero-order chi connectivity index (χ0) is 29.8. The van der Waals surface area contributed by atoms with Gasteiger partial charge in [0.2, 0.25) is 0 Å². The van der Waals surface area contributed by atoms with Crippen molar-refractivity contribution in [1.29, 1.82) is 0 Å². The number of unbranched alkanes of at least 4 members (excludes halogenated alkanes) is 7. The van der Waals surface area contributed by atoms with Gasteiger partial charge in [-0.2, -0.15) is 18.3 Å². The second-order valence-corrected chi connectivity index (χ2v) is 11.8. The third-order valence-electron chi connectivity index (χ3n) is 6.41. The van der Waals surface area contributed by atoms with Crippen molar-refractivity contribution in [3.8, 4) is 11.1 Å². The van der Waals surface area contributed by atoms with Crippen molar-refractivity contribution >= 4 is 46.0 Å². The number of fused-ring (bicyclic) bond motifs is 1. The summed E-state index contributed by atoms with van der Waals surface area (Å²) in [6.07, 6.45) is 6.37. The predicted molar refractivity (Wildman–Crippen MR) is 161 cm³/mol. The lowest BCUT2D eigenvalue weighted by Gasteiger charge is -2.11. The van der Waals surface area contributed by atoms with Crippen LogP contribution in [-0.4, -0.2) is 27.2 Å². The molecule has 0 fully saturated rings. The summed E-state index contributed by atoms with van der Waals surface area (Å²) >= 11 is 13.5. The molecule has 4 aromatic rings. The van der Waals surface area contributed by atoms with E-state index >= 15 is 0 Å². The van der Waals surface area contributed by atoms with E-state index in [0.717, 1.165) is 23.5 Å². The van der Waals surface area contributed by atoms with Crippen molar-refractivity contribution in [3.63, 3.8) is 0 Å². The number of carbonyl (C=O) groups is 1. The van der Waals surface area contributed by atoms with Crippen LogP contribution in [0.15, 0.2) is 54.6 Å². The molecule has 4 rings (SSSR count). The largest absolute Gasteiger partial charge is 0.476 e. The number of rotatable bonds is 13. The van der Waals surface area contributed by atoms with Crippen molar-refractivity contribution in [3.05, 3.63) is 80.2 Å². The van der Waals surface area contributed by atoms with E-state index < -0.39 is 23.5 Å². The molecule has 3 heterocycles. The van der Waals surface area contributed by atoms with Gasteiger partial charge in [0.25, 0.3) is 0 Å². The first-order valence-corrected chi connectivity index (χ1v) is 15.2.